The van der Waals surface area contributed by atoms with Crippen molar-refractivity contribution in [2.45, 2.75) is 50.0 Å². The van der Waals surface area contributed by atoms with Crippen LogP contribution >= 0.6 is 0 Å². The molecule has 0 spiro atoms. The van der Waals surface area contributed by atoms with Gasteiger partial charge in [-0.05, 0) is 37.3 Å². The summed E-state index contributed by atoms with van der Waals surface area (Å²) in [5, 5.41) is 2.50. The minimum Gasteiger partial charge on any atom is -0.416 e. The van der Waals surface area contributed by atoms with Crippen molar-refractivity contribution in [1.29, 1.82) is 0 Å². The lowest BCUT2D eigenvalue weighted by molar-refractivity contribution is -0.288. The predicted molar refractivity (Wildman–Crippen MR) is 140 cm³/mol. The number of halogens is 6. The van der Waals surface area contributed by atoms with Crippen molar-refractivity contribution >= 4 is 11.8 Å². The van der Waals surface area contributed by atoms with Crippen LogP contribution in [-0.4, -0.2) is 68.1 Å². The van der Waals surface area contributed by atoms with Crippen LogP contribution in [0.3, 0.4) is 0 Å². The molecule has 2 aromatic carbocycles. The van der Waals surface area contributed by atoms with Gasteiger partial charge in [-0.1, -0.05) is 24.3 Å². The van der Waals surface area contributed by atoms with Gasteiger partial charge in [0.15, 0.2) is 5.82 Å². The first-order valence-corrected chi connectivity index (χ1v) is 12.7. The number of hydrogen-bond donors (Lipinski definition) is 1. The van der Waals surface area contributed by atoms with Gasteiger partial charge in [-0.15, -0.1) is 0 Å². The molecule has 1 N–H and O–H groups in total. The minimum absolute atomic E-state index is 0.0393. The van der Waals surface area contributed by atoms with E-state index < -0.39 is 66.2 Å². The lowest BCUT2D eigenvalue weighted by atomic mass is 9.99. The molecule has 3 aromatic rings. The molecule has 0 bridgehead atoms. The molecule has 5 atom stereocenters. The summed E-state index contributed by atoms with van der Waals surface area (Å²) in [4.78, 5) is 20.3. The molecule has 0 aliphatic carbocycles. The molecule has 1 fully saturated rings. The molecule has 43 heavy (non-hydrogen) atoms. The Labute approximate surface area is 242 Å². The molecule has 0 saturated carbocycles. The number of rotatable bonds is 7. The van der Waals surface area contributed by atoms with Gasteiger partial charge in [0.2, 0.25) is 6.29 Å². The van der Waals surface area contributed by atoms with Gasteiger partial charge < -0.3 is 23.7 Å². The molecule has 232 valence electrons. The summed E-state index contributed by atoms with van der Waals surface area (Å²) in [7, 11) is 4.35. The van der Waals surface area contributed by atoms with Crippen LogP contribution in [0.2, 0.25) is 0 Å². The number of benzene rings is 2. The lowest BCUT2D eigenvalue weighted by Gasteiger charge is -2.43. The van der Waals surface area contributed by atoms with Crippen LogP contribution in [0.25, 0.3) is 22.6 Å². The molecular weight excluding hydrogens is 588 g/mol. The number of alkyl halides is 6. The highest BCUT2D eigenvalue weighted by Gasteiger charge is 2.47. The summed E-state index contributed by atoms with van der Waals surface area (Å²) < 4.78 is 107. The van der Waals surface area contributed by atoms with E-state index in [2.05, 4.69) is 15.3 Å². The summed E-state index contributed by atoms with van der Waals surface area (Å²) in [6, 6.07) is 9.78. The number of hydrogen-bond acceptors (Lipinski definition) is 8. The fourth-order valence-electron chi connectivity index (χ4n) is 4.56. The maximum atomic E-state index is 13.6. The molecule has 0 radical (unpaired) electrons. The second kappa shape index (κ2) is 12.8. The van der Waals surface area contributed by atoms with E-state index in [9.17, 15) is 31.1 Å². The minimum atomic E-state index is -4.85. The van der Waals surface area contributed by atoms with E-state index in [-0.39, 0.29) is 22.5 Å². The van der Waals surface area contributed by atoms with Gasteiger partial charge >= 0.3 is 18.4 Å². The normalized spacial score (nSPS) is 22.7. The van der Waals surface area contributed by atoms with Gasteiger partial charge in [-0.3, -0.25) is 5.32 Å². The zero-order valence-corrected chi connectivity index (χ0v) is 23.2. The molecule has 15 heteroatoms. The van der Waals surface area contributed by atoms with E-state index in [0.717, 1.165) is 30.3 Å². The van der Waals surface area contributed by atoms with E-state index in [1.165, 1.54) is 45.6 Å². The smallest absolute Gasteiger partial charge is 0.416 e. The van der Waals surface area contributed by atoms with E-state index in [1.807, 2.05) is 0 Å². The number of carbonyl (C=O) groups excluding carboxylic acids is 1. The maximum Gasteiger partial charge on any atom is 0.433 e. The number of nitrogens with zero attached hydrogens (tertiary/aromatic N) is 2. The third-order valence-electron chi connectivity index (χ3n) is 6.68. The zero-order valence-electron chi connectivity index (χ0n) is 23.2. The van der Waals surface area contributed by atoms with Crippen LogP contribution in [-0.2, 0) is 36.0 Å². The summed E-state index contributed by atoms with van der Waals surface area (Å²) >= 11 is 0. The highest BCUT2D eigenvalue weighted by molar-refractivity contribution is 5.85. The first-order valence-electron chi connectivity index (χ1n) is 12.7. The van der Waals surface area contributed by atoms with Gasteiger partial charge in [0.1, 0.15) is 24.0 Å². The Morgan fingerprint density at radius 3 is 1.91 bits per heavy atom. The Morgan fingerprint density at radius 2 is 1.37 bits per heavy atom. The van der Waals surface area contributed by atoms with Gasteiger partial charge in [-0.2, -0.15) is 26.3 Å². The van der Waals surface area contributed by atoms with E-state index >= 15 is 0 Å². The molecule has 0 unspecified atom stereocenters. The molecule has 1 amide bonds. The second-order valence-electron chi connectivity index (χ2n) is 9.45. The van der Waals surface area contributed by atoms with Crippen molar-refractivity contribution < 1.29 is 54.8 Å². The van der Waals surface area contributed by atoms with Gasteiger partial charge in [0.25, 0.3) is 0 Å². The molecular formula is C28H27F6N3O6. The van der Waals surface area contributed by atoms with Crippen LogP contribution in [0, 0.1) is 0 Å². The van der Waals surface area contributed by atoms with E-state index in [4.69, 9.17) is 23.7 Å². The first kappa shape index (κ1) is 32.1. The molecule has 4 rings (SSSR count). The lowest BCUT2D eigenvalue weighted by Crippen LogP contribution is -2.59. The van der Waals surface area contributed by atoms with Crippen molar-refractivity contribution in [3.63, 3.8) is 0 Å². The summed E-state index contributed by atoms with van der Waals surface area (Å²) in [6.07, 6.45) is -13.9. The molecule has 1 saturated heterocycles. The van der Waals surface area contributed by atoms with Gasteiger partial charge in [0, 0.05) is 38.1 Å². The van der Waals surface area contributed by atoms with E-state index in [0.29, 0.717) is 0 Å². The molecule has 1 aromatic heterocycles. The molecule has 1 aliphatic heterocycles. The Morgan fingerprint density at radius 1 is 0.791 bits per heavy atom. The average molecular weight is 616 g/mol. The monoisotopic (exact) mass is 615 g/mol. The molecule has 9 nitrogen and oxygen atoms in total. The van der Waals surface area contributed by atoms with Gasteiger partial charge in [0.05, 0.1) is 17.4 Å². The van der Waals surface area contributed by atoms with Crippen LogP contribution in [0.4, 0.5) is 36.8 Å². The van der Waals surface area contributed by atoms with Crippen molar-refractivity contribution in [3.8, 4) is 22.6 Å². The van der Waals surface area contributed by atoms with E-state index in [1.54, 1.807) is 6.92 Å². The Balaban J connectivity index is 1.53. The number of ether oxygens (including phenoxy) is 5. The zero-order chi connectivity index (χ0) is 31.5. The van der Waals surface area contributed by atoms with Crippen LogP contribution in [0.15, 0.2) is 54.6 Å². The third kappa shape index (κ3) is 7.41. The third-order valence-corrected chi connectivity index (χ3v) is 6.68. The number of methoxy groups -OCH3 is 3. The molecule has 2 heterocycles. The van der Waals surface area contributed by atoms with Crippen LogP contribution in [0.5, 0.6) is 0 Å². The highest BCUT2D eigenvalue weighted by atomic mass is 19.4. The number of amides is 1. The maximum absolute atomic E-state index is 13.6. The van der Waals surface area contributed by atoms with Gasteiger partial charge in [-0.25, -0.2) is 14.8 Å². The largest absolute Gasteiger partial charge is 0.433 e. The summed E-state index contributed by atoms with van der Waals surface area (Å²) in [5.41, 5.74) is -1.97. The summed E-state index contributed by atoms with van der Waals surface area (Å²) in [5.74, 6) is -0.413. The Hall–Kier alpha value is -3.79. The number of nitrogens with one attached hydrogen (secondary N) is 1. The molecule has 1 aliphatic rings. The number of aromatic nitrogens is 2. The SMILES string of the molecule is CO[C@@H]1[C@@H](OC)[C@H](C)O[C@@H](OC(=O)Nc2ccc(-c3cc(C(F)(F)F)nc(-c4ccc(C(F)(F)F)cc4)n3)cc2)[C@@H]1OC. The number of anilines is 1. The predicted octanol–water partition coefficient (Wildman–Crippen LogP) is 6.19. The van der Waals surface area contributed by atoms with Crippen LogP contribution < -0.4 is 5.32 Å². The Bertz CT molecular complexity index is 1400. The van der Waals surface area contributed by atoms with Crippen molar-refractivity contribution in [2.24, 2.45) is 0 Å². The average Bonchev–Trinajstić information content (AvgIpc) is 2.96. The second-order valence-corrected chi connectivity index (χ2v) is 9.45. The quantitative estimate of drug-likeness (QED) is 0.315. The fraction of sp³-hybridized carbons (Fsp3) is 0.393. The number of carbonyl (C=O) groups is 1. The van der Waals surface area contributed by atoms with Crippen molar-refractivity contribution in [1.82, 2.24) is 9.97 Å². The topological polar surface area (TPSA) is 101 Å². The standard InChI is InChI=1S/C28H27F6N3O6/c1-14-21(39-2)22(40-3)23(41-4)25(42-14)43-26(38)35-18-11-7-15(8-12-18)19-13-20(28(32,33)34)37-24(36-19)16-5-9-17(10-6-16)27(29,30)31/h5-14,21-23,25H,1-4H3,(H,35,38)/t14-,21-,22+,23+,25-/m0/s1. The highest BCUT2D eigenvalue weighted by Crippen LogP contribution is 2.34. The summed E-state index contributed by atoms with van der Waals surface area (Å²) in [6.45, 7) is 1.72. The Kier molecular flexibility index (Phi) is 9.59. The fourth-order valence-corrected chi connectivity index (χ4v) is 4.56. The van der Waals surface area contributed by atoms with Crippen LogP contribution in [0.1, 0.15) is 18.2 Å². The van der Waals surface area contributed by atoms with Crippen molar-refractivity contribution in [2.75, 3.05) is 26.6 Å². The van der Waals surface area contributed by atoms with Crippen molar-refractivity contribution in [3.05, 3.63) is 65.9 Å². The first-order chi connectivity index (χ1) is 20.2.